The van der Waals surface area contributed by atoms with Gasteiger partial charge < -0.3 is 4.74 Å². The van der Waals surface area contributed by atoms with Gasteiger partial charge in [0.05, 0.1) is 12.5 Å². The summed E-state index contributed by atoms with van der Waals surface area (Å²) in [7, 11) is 0. The van der Waals surface area contributed by atoms with Crippen LogP contribution in [0.3, 0.4) is 0 Å². The van der Waals surface area contributed by atoms with Gasteiger partial charge in [0.15, 0.2) is 0 Å². The number of hydrogen-bond acceptors (Lipinski definition) is 3. The van der Waals surface area contributed by atoms with Crippen LogP contribution in [0, 0.1) is 57.7 Å². The topological polar surface area (TPSA) is 43.4 Å². The molecular formula is C27H40O3. The average Bonchev–Trinajstić information content (AvgIpc) is 3.28. The van der Waals surface area contributed by atoms with Crippen LogP contribution in [0.2, 0.25) is 0 Å². The summed E-state index contributed by atoms with van der Waals surface area (Å²) in [6.07, 6.45) is 13.3. The number of carbonyl (C=O) groups is 2. The van der Waals surface area contributed by atoms with E-state index in [-0.39, 0.29) is 17.3 Å². The van der Waals surface area contributed by atoms with Crippen LogP contribution in [0.15, 0.2) is 0 Å². The fourth-order valence-electron chi connectivity index (χ4n) is 11.3. The van der Waals surface area contributed by atoms with Crippen LogP contribution in [-0.4, -0.2) is 18.4 Å². The number of ether oxygens (including phenoxy) is 1. The third kappa shape index (κ3) is 2.09. The van der Waals surface area contributed by atoms with Gasteiger partial charge in [-0.15, -0.1) is 0 Å². The molecule has 6 aliphatic rings. The number of fused-ring (bicyclic) bond motifs is 6. The molecule has 0 heterocycles. The smallest absolute Gasteiger partial charge is 0.309 e. The van der Waals surface area contributed by atoms with Gasteiger partial charge in [0.1, 0.15) is 5.78 Å². The minimum atomic E-state index is 0.0653. The van der Waals surface area contributed by atoms with Gasteiger partial charge in [0.2, 0.25) is 0 Å². The molecule has 6 aliphatic carbocycles. The lowest BCUT2D eigenvalue weighted by atomic mass is 9.28. The van der Waals surface area contributed by atoms with Crippen LogP contribution in [-0.2, 0) is 14.3 Å². The molecule has 0 amide bonds. The van der Waals surface area contributed by atoms with Crippen molar-refractivity contribution in [2.24, 2.45) is 57.7 Å². The number of rotatable bonds is 2. The summed E-state index contributed by atoms with van der Waals surface area (Å²) in [6, 6.07) is 0. The van der Waals surface area contributed by atoms with Crippen LogP contribution >= 0.6 is 0 Å². The van der Waals surface area contributed by atoms with Gasteiger partial charge in [-0.05, 0) is 111 Å². The van der Waals surface area contributed by atoms with Gasteiger partial charge in [-0.3, -0.25) is 9.59 Å². The minimum absolute atomic E-state index is 0.0653. The molecule has 6 fully saturated rings. The molecule has 0 aliphatic heterocycles. The Labute approximate surface area is 182 Å². The normalized spacial score (nSPS) is 56.1. The zero-order valence-electron chi connectivity index (χ0n) is 19.3. The van der Waals surface area contributed by atoms with E-state index in [1.54, 1.807) is 0 Å². The number of esters is 1. The van der Waals surface area contributed by atoms with E-state index in [4.69, 9.17) is 4.74 Å². The highest BCUT2D eigenvalue weighted by atomic mass is 16.5. The molecule has 30 heavy (non-hydrogen) atoms. The quantitative estimate of drug-likeness (QED) is 0.538. The lowest BCUT2D eigenvalue weighted by Crippen LogP contribution is -2.72. The van der Waals surface area contributed by atoms with E-state index in [1.807, 2.05) is 6.92 Å². The molecule has 0 aromatic heterocycles. The lowest BCUT2D eigenvalue weighted by Gasteiger charge is -2.75. The Hall–Kier alpha value is -0.860. The number of hydrogen-bond donors (Lipinski definition) is 0. The second-order valence-electron chi connectivity index (χ2n) is 12.4. The first-order chi connectivity index (χ1) is 14.4. The predicted molar refractivity (Wildman–Crippen MR) is 116 cm³/mol. The van der Waals surface area contributed by atoms with E-state index >= 15 is 0 Å². The van der Waals surface area contributed by atoms with Gasteiger partial charge in [-0.1, -0.05) is 20.3 Å². The Morgan fingerprint density at radius 2 is 1.77 bits per heavy atom. The Bertz CT molecular complexity index is 774. The van der Waals surface area contributed by atoms with Crippen molar-refractivity contribution in [3.05, 3.63) is 0 Å². The monoisotopic (exact) mass is 412 g/mol. The average molecular weight is 413 g/mol. The summed E-state index contributed by atoms with van der Waals surface area (Å²) in [5.74, 6) is 4.95. The van der Waals surface area contributed by atoms with Crippen molar-refractivity contribution < 1.29 is 14.3 Å². The van der Waals surface area contributed by atoms with Crippen LogP contribution in [0.4, 0.5) is 0 Å². The van der Waals surface area contributed by atoms with Gasteiger partial charge in [-0.25, -0.2) is 0 Å². The van der Waals surface area contributed by atoms with E-state index in [0.29, 0.717) is 35.1 Å². The molecule has 0 saturated heterocycles. The largest absolute Gasteiger partial charge is 0.466 e. The van der Waals surface area contributed by atoms with Gasteiger partial charge in [0.25, 0.3) is 0 Å². The highest BCUT2D eigenvalue weighted by molar-refractivity contribution is 5.85. The molecule has 6 rings (SSSR count). The molecular weight excluding hydrogens is 372 g/mol. The second kappa shape index (κ2) is 6.35. The third-order valence-corrected chi connectivity index (χ3v) is 12.2. The Morgan fingerprint density at radius 3 is 2.57 bits per heavy atom. The Kier molecular flexibility index (Phi) is 4.19. The molecule has 3 nitrogen and oxygen atoms in total. The summed E-state index contributed by atoms with van der Waals surface area (Å²) in [5.41, 5.74) is 0.814. The number of ketones is 1. The molecule has 0 aromatic carbocycles. The highest BCUT2D eigenvalue weighted by Gasteiger charge is 2.76. The van der Waals surface area contributed by atoms with Crippen molar-refractivity contribution in [3.63, 3.8) is 0 Å². The van der Waals surface area contributed by atoms with Gasteiger partial charge >= 0.3 is 5.97 Å². The lowest BCUT2D eigenvalue weighted by molar-refractivity contribution is -0.265. The zero-order valence-corrected chi connectivity index (χ0v) is 19.3. The van der Waals surface area contributed by atoms with E-state index in [1.165, 1.54) is 51.4 Å². The maximum absolute atomic E-state index is 13.1. The van der Waals surface area contributed by atoms with Gasteiger partial charge in [-0.2, -0.15) is 0 Å². The van der Waals surface area contributed by atoms with E-state index in [0.717, 1.165) is 42.9 Å². The van der Waals surface area contributed by atoms with Crippen LogP contribution < -0.4 is 0 Å². The summed E-state index contributed by atoms with van der Waals surface area (Å²) >= 11 is 0. The first kappa shape index (κ1) is 19.8. The summed E-state index contributed by atoms with van der Waals surface area (Å²) < 4.78 is 5.50. The van der Waals surface area contributed by atoms with Crippen molar-refractivity contribution >= 4 is 11.8 Å². The molecule has 10 atom stereocenters. The standard InChI is InChI=1S/C27H40O3/c1-4-30-24(29)21-9-8-18-16-10-15-27-20-7-5-6-17(20)23(27)22(28)12-14-26(27,3)19(16)11-13-25(18,21)2/h16-21,23H,4-15H2,1-3H3/t16-,17?,18-,19-,20?,21+,23+,25-,26+,27+/m0/s1. The van der Waals surface area contributed by atoms with Crippen LogP contribution in [0.5, 0.6) is 0 Å². The molecule has 0 aromatic rings. The maximum atomic E-state index is 13.1. The first-order valence-corrected chi connectivity index (χ1v) is 13.1. The first-order valence-electron chi connectivity index (χ1n) is 13.1. The molecule has 0 N–H and O–H groups in total. The van der Waals surface area contributed by atoms with E-state index < -0.39 is 0 Å². The molecule has 0 bridgehead atoms. The van der Waals surface area contributed by atoms with Crippen molar-refractivity contribution in [2.75, 3.05) is 6.61 Å². The molecule has 2 unspecified atom stereocenters. The van der Waals surface area contributed by atoms with Crippen molar-refractivity contribution in [1.82, 2.24) is 0 Å². The molecule has 0 radical (unpaired) electrons. The number of carbonyl (C=O) groups excluding carboxylic acids is 2. The van der Waals surface area contributed by atoms with E-state index in [2.05, 4.69) is 13.8 Å². The molecule has 166 valence electrons. The Morgan fingerprint density at radius 1 is 0.933 bits per heavy atom. The SMILES string of the molecule is CCOC(=O)[C@H]1CC[C@H]2[C@@H]3CC[C@@]45C6CCCC6[C@@H]4C(=O)CC[C@]5(C)[C@H]3CC[C@]12C. The third-order valence-electron chi connectivity index (χ3n) is 12.2. The second-order valence-corrected chi connectivity index (χ2v) is 12.4. The van der Waals surface area contributed by atoms with Crippen LogP contribution in [0.25, 0.3) is 0 Å². The molecule has 6 saturated carbocycles. The van der Waals surface area contributed by atoms with Gasteiger partial charge in [0, 0.05) is 12.3 Å². The zero-order chi connectivity index (χ0) is 20.9. The summed E-state index contributed by atoms with van der Waals surface area (Å²) in [5, 5.41) is 0. The Balaban J connectivity index is 1.33. The molecule has 1 spiro atoms. The number of Topliss-reactive ketones (excluding diaryl/α,β-unsaturated/α-hetero) is 1. The maximum Gasteiger partial charge on any atom is 0.309 e. The highest BCUT2D eigenvalue weighted by Crippen LogP contribution is 2.80. The summed E-state index contributed by atoms with van der Waals surface area (Å²) in [4.78, 5) is 25.9. The van der Waals surface area contributed by atoms with E-state index in [9.17, 15) is 9.59 Å². The predicted octanol–water partition coefficient (Wildman–Crippen LogP) is 5.80. The fourth-order valence-corrected chi connectivity index (χ4v) is 11.3. The minimum Gasteiger partial charge on any atom is -0.466 e. The van der Waals surface area contributed by atoms with Crippen molar-refractivity contribution in [1.29, 1.82) is 0 Å². The van der Waals surface area contributed by atoms with Crippen molar-refractivity contribution in [2.45, 2.75) is 91.4 Å². The van der Waals surface area contributed by atoms with Crippen molar-refractivity contribution in [3.8, 4) is 0 Å². The molecule has 3 heteroatoms. The van der Waals surface area contributed by atoms with Crippen LogP contribution in [0.1, 0.15) is 91.4 Å². The fraction of sp³-hybridized carbons (Fsp3) is 0.926. The summed E-state index contributed by atoms with van der Waals surface area (Å²) in [6.45, 7) is 7.47.